The van der Waals surface area contributed by atoms with Crippen molar-refractivity contribution in [3.63, 3.8) is 0 Å². The second-order valence-corrected chi connectivity index (χ2v) is 18.8. The molecule has 4 N–H and O–H groups in total. The molecule has 344 valence electrons. The van der Waals surface area contributed by atoms with Crippen LogP contribution in [0.2, 0.25) is 0 Å². The maximum atomic E-state index is 11.4. The average molecular weight is 812 g/mol. The SMILES string of the molecule is CCCCCCCCCCCCC(O)CN(CC(O)C(C)CCCCCCCCCC)CN(C)CCN(CC(O)CC)CC(O)C(C)CCCCCCCCCC. The summed E-state index contributed by atoms with van der Waals surface area (Å²) in [6, 6.07) is 0. The summed E-state index contributed by atoms with van der Waals surface area (Å²) >= 11 is 0. The number of unbranched alkanes of at least 4 members (excludes halogenated alkanes) is 23. The summed E-state index contributed by atoms with van der Waals surface area (Å²) < 4.78 is 0. The Hall–Kier alpha value is -0.280. The molecule has 0 aromatic rings. The van der Waals surface area contributed by atoms with Crippen LogP contribution in [0.25, 0.3) is 0 Å². The third-order valence-electron chi connectivity index (χ3n) is 12.8. The van der Waals surface area contributed by atoms with Crippen LogP contribution in [0.1, 0.15) is 234 Å². The van der Waals surface area contributed by atoms with Crippen LogP contribution < -0.4 is 0 Å². The molecule has 0 rings (SSSR count). The van der Waals surface area contributed by atoms with E-state index >= 15 is 0 Å². The first kappa shape index (κ1) is 56.7. The lowest BCUT2D eigenvalue weighted by atomic mass is 9.96. The Bertz CT molecular complexity index is 806. The predicted molar refractivity (Wildman–Crippen MR) is 249 cm³/mol. The monoisotopic (exact) mass is 812 g/mol. The van der Waals surface area contributed by atoms with Crippen LogP contribution >= 0.6 is 0 Å². The zero-order chi connectivity index (χ0) is 42.4. The maximum absolute atomic E-state index is 11.4. The molecule has 7 nitrogen and oxygen atoms in total. The molecule has 6 atom stereocenters. The highest BCUT2D eigenvalue weighted by Crippen LogP contribution is 2.19. The summed E-state index contributed by atoms with van der Waals surface area (Å²) in [5.41, 5.74) is 0. The van der Waals surface area contributed by atoms with Gasteiger partial charge < -0.3 is 20.4 Å². The van der Waals surface area contributed by atoms with Gasteiger partial charge in [0.15, 0.2) is 0 Å². The Morgan fingerprint density at radius 1 is 0.368 bits per heavy atom. The van der Waals surface area contributed by atoms with E-state index in [2.05, 4.69) is 56.4 Å². The fraction of sp³-hybridized carbons (Fsp3) is 1.00. The van der Waals surface area contributed by atoms with Crippen molar-refractivity contribution in [1.29, 1.82) is 0 Å². The summed E-state index contributed by atoms with van der Waals surface area (Å²) in [6.07, 6.45) is 35.8. The summed E-state index contributed by atoms with van der Waals surface area (Å²) in [5, 5.41) is 44.5. The molecule has 0 amide bonds. The Morgan fingerprint density at radius 2 is 0.702 bits per heavy atom. The van der Waals surface area contributed by atoms with Gasteiger partial charge in [-0.05, 0) is 44.6 Å². The molecular formula is C50H105N3O4. The number of aliphatic hydroxyl groups excluding tert-OH is 4. The van der Waals surface area contributed by atoms with E-state index in [1.165, 1.54) is 161 Å². The second kappa shape index (κ2) is 41.1. The smallest absolute Gasteiger partial charge is 0.0693 e. The first-order valence-electron chi connectivity index (χ1n) is 25.4. The van der Waals surface area contributed by atoms with Crippen molar-refractivity contribution in [2.45, 2.75) is 259 Å². The van der Waals surface area contributed by atoms with Crippen LogP contribution in [-0.2, 0) is 0 Å². The number of likely N-dealkylation sites (N-methyl/N-ethyl adjacent to an activating group) is 1. The quantitative estimate of drug-likeness (QED) is 0.0360. The van der Waals surface area contributed by atoms with E-state index in [4.69, 9.17) is 0 Å². The lowest BCUT2D eigenvalue weighted by Crippen LogP contribution is -2.48. The largest absolute Gasteiger partial charge is 0.392 e. The summed E-state index contributed by atoms with van der Waals surface area (Å²) in [6.45, 7) is 17.8. The van der Waals surface area contributed by atoms with Crippen molar-refractivity contribution in [1.82, 2.24) is 14.7 Å². The van der Waals surface area contributed by atoms with Crippen molar-refractivity contribution >= 4 is 0 Å². The minimum atomic E-state index is -0.415. The highest BCUT2D eigenvalue weighted by Gasteiger charge is 2.23. The van der Waals surface area contributed by atoms with Crippen LogP contribution in [0.5, 0.6) is 0 Å². The van der Waals surface area contributed by atoms with E-state index in [1.54, 1.807) is 0 Å². The molecule has 0 aliphatic heterocycles. The van der Waals surface area contributed by atoms with E-state index in [0.29, 0.717) is 39.3 Å². The van der Waals surface area contributed by atoms with Gasteiger partial charge in [-0.25, -0.2) is 0 Å². The molecule has 0 heterocycles. The normalized spacial score (nSPS) is 15.5. The second-order valence-electron chi connectivity index (χ2n) is 18.8. The summed E-state index contributed by atoms with van der Waals surface area (Å²) in [4.78, 5) is 6.83. The van der Waals surface area contributed by atoms with Gasteiger partial charge in [0.25, 0.3) is 0 Å². The van der Waals surface area contributed by atoms with Gasteiger partial charge in [-0.2, -0.15) is 0 Å². The Labute approximate surface area is 357 Å². The fourth-order valence-corrected chi connectivity index (χ4v) is 8.33. The van der Waals surface area contributed by atoms with Gasteiger partial charge in [0, 0.05) is 39.3 Å². The molecule has 57 heavy (non-hydrogen) atoms. The number of hydrogen-bond acceptors (Lipinski definition) is 7. The standard InChI is InChI=1S/C50H105N3O4/c1-8-12-15-18-21-24-25-28-31-34-37-48(55)41-53(43-50(57)46(6)36-33-30-27-23-20-17-14-10-3)44-51(7)38-39-52(40-47(54)11-4)42-49(56)45(5)35-32-29-26-22-19-16-13-9-2/h45-50,54-57H,8-44H2,1-7H3. The molecule has 6 unspecified atom stereocenters. The lowest BCUT2D eigenvalue weighted by Gasteiger charge is -2.34. The minimum absolute atomic E-state index is 0.234. The molecule has 0 aliphatic carbocycles. The maximum Gasteiger partial charge on any atom is 0.0693 e. The van der Waals surface area contributed by atoms with Crippen LogP contribution in [0.15, 0.2) is 0 Å². The van der Waals surface area contributed by atoms with E-state index in [-0.39, 0.29) is 11.8 Å². The molecule has 7 heteroatoms. The molecule has 0 radical (unpaired) electrons. The van der Waals surface area contributed by atoms with Crippen LogP contribution in [0.4, 0.5) is 0 Å². The minimum Gasteiger partial charge on any atom is -0.392 e. The van der Waals surface area contributed by atoms with E-state index in [9.17, 15) is 20.4 Å². The highest BCUT2D eigenvalue weighted by molar-refractivity contribution is 4.76. The summed E-state index contributed by atoms with van der Waals surface area (Å²) in [7, 11) is 2.13. The molecule has 0 saturated carbocycles. The molecular weight excluding hydrogens is 707 g/mol. The van der Waals surface area contributed by atoms with Gasteiger partial charge in [0.05, 0.1) is 31.1 Å². The van der Waals surface area contributed by atoms with Gasteiger partial charge in [-0.3, -0.25) is 14.7 Å². The Kier molecular flexibility index (Phi) is 40.9. The number of rotatable bonds is 45. The number of aliphatic hydroxyl groups is 4. The Morgan fingerprint density at radius 3 is 1.09 bits per heavy atom. The number of nitrogens with zero attached hydrogens (tertiary/aromatic N) is 3. The zero-order valence-electron chi connectivity index (χ0n) is 39.8. The van der Waals surface area contributed by atoms with Crippen molar-refractivity contribution in [2.75, 3.05) is 53.0 Å². The molecule has 0 aliphatic rings. The van der Waals surface area contributed by atoms with Crippen molar-refractivity contribution in [3.05, 3.63) is 0 Å². The lowest BCUT2D eigenvalue weighted by molar-refractivity contribution is 0.0112. The zero-order valence-corrected chi connectivity index (χ0v) is 39.8. The van der Waals surface area contributed by atoms with Crippen LogP contribution in [0.3, 0.4) is 0 Å². The third kappa shape index (κ3) is 36.1. The highest BCUT2D eigenvalue weighted by atomic mass is 16.3. The first-order valence-corrected chi connectivity index (χ1v) is 25.4. The fourth-order valence-electron chi connectivity index (χ4n) is 8.33. The van der Waals surface area contributed by atoms with E-state index in [0.717, 1.165) is 38.8 Å². The molecule has 0 fully saturated rings. The topological polar surface area (TPSA) is 90.6 Å². The van der Waals surface area contributed by atoms with Gasteiger partial charge >= 0.3 is 0 Å². The molecule has 0 aromatic carbocycles. The summed E-state index contributed by atoms with van der Waals surface area (Å²) in [5.74, 6) is 0.475. The van der Waals surface area contributed by atoms with Crippen LogP contribution in [-0.4, -0.2) is 113 Å². The van der Waals surface area contributed by atoms with Gasteiger partial charge in [-0.15, -0.1) is 0 Å². The predicted octanol–water partition coefficient (Wildman–Crippen LogP) is 12.0. The van der Waals surface area contributed by atoms with Crippen molar-refractivity contribution < 1.29 is 20.4 Å². The average Bonchev–Trinajstić information content (AvgIpc) is 3.19. The molecule has 0 bridgehead atoms. The third-order valence-corrected chi connectivity index (χ3v) is 12.8. The van der Waals surface area contributed by atoms with Gasteiger partial charge in [-0.1, -0.05) is 208 Å². The first-order chi connectivity index (χ1) is 27.6. The van der Waals surface area contributed by atoms with Gasteiger partial charge in [0.1, 0.15) is 0 Å². The van der Waals surface area contributed by atoms with Crippen LogP contribution in [0, 0.1) is 11.8 Å². The molecule has 0 spiro atoms. The molecule has 0 aromatic heterocycles. The number of hydrogen-bond donors (Lipinski definition) is 4. The van der Waals surface area contributed by atoms with Crippen molar-refractivity contribution in [2.24, 2.45) is 11.8 Å². The van der Waals surface area contributed by atoms with E-state index in [1.807, 2.05) is 6.92 Å². The molecule has 0 saturated heterocycles. The Balaban J connectivity index is 5.11. The van der Waals surface area contributed by atoms with Gasteiger partial charge in [0.2, 0.25) is 0 Å². The van der Waals surface area contributed by atoms with E-state index < -0.39 is 24.4 Å². The van der Waals surface area contributed by atoms with Crippen molar-refractivity contribution in [3.8, 4) is 0 Å².